The van der Waals surface area contributed by atoms with Crippen molar-refractivity contribution in [2.24, 2.45) is 0 Å². The first-order chi connectivity index (χ1) is 9.52. The Morgan fingerprint density at radius 1 is 1.45 bits per heavy atom. The molecule has 0 bridgehead atoms. The Bertz CT molecular complexity index is 638. The molecule has 2 heterocycles. The van der Waals surface area contributed by atoms with Gasteiger partial charge in [0.05, 0.1) is 11.6 Å². The van der Waals surface area contributed by atoms with Crippen LogP contribution in [0.25, 0.3) is 11.4 Å². The number of rotatable bonds is 2. The smallest absolute Gasteiger partial charge is 0.182 e. The van der Waals surface area contributed by atoms with Gasteiger partial charge in [-0.25, -0.2) is 4.68 Å². The number of tetrazole rings is 1. The van der Waals surface area contributed by atoms with Gasteiger partial charge in [0.15, 0.2) is 5.82 Å². The van der Waals surface area contributed by atoms with E-state index in [9.17, 15) is 0 Å². The summed E-state index contributed by atoms with van der Waals surface area (Å²) in [5.74, 6) is 0.733. The van der Waals surface area contributed by atoms with Gasteiger partial charge in [0, 0.05) is 17.9 Å². The van der Waals surface area contributed by atoms with E-state index in [-0.39, 0.29) is 11.6 Å². The molecule has 0 saturated carbocycles. The molecule has 0 spiro atoms. The van der Waals surface area contributed by atoms with Crippen LogP contribution in [0.2, 0.25) is 0 Å². The van der Waals surface area contributed by atoms with Crippen LogP contribution in [0, 0.1) is 6.92 Å². The summed E-state index contributed by atoms with van der Waals surface area (Å²) in [5, 5.41) is 12.2. The van der Waals surface area contributed by atoms with Crippen molar-refractivity contribution in [2.45, 2.75) is 38.8 Å². The Balaban J connectivity index is 2.08. The number of aromatic nitrogens is 4. The second-order valence-electron chi connectivity index (χ2n) is 5.61. The molecule has 0 radical (unpaired) electrons. The molecular weight excluding hydrogens is 254 g/mol. The largest absolute Gasteiger partial charge is 0.398 e. The maximum absolute atomic E-state index is 5.99. The third-order valence-electron chi connectivity index (χ3n) is 4.34. The van der Waals surface area contributed by atoms with E-state index in [0.717, 1.165) is 35.7 Å². The van der Waals surface area contributed by atoms with Gasteiger partial charge >= 0.3 is 0 Å². The fraction of sp³-hybridized carbons (Fsp3) is 0.500. The Kier molecular flexibility index (Phi) is 2.97. The predicted molar refractivity (Wildman–Crippen MR) is 76.1 cm³/mol. The first-order valence-electron chi connectivity index (χ1n) is 6.79. The van der Waals surface area contributed by atoms with Crippen LogP contribution in [0.5, 0.6) is 0 Å². The zero-order valence-electron chi connectivity index (χ0n) is 12.0. The monoisotopic (exact) mass is 273 g/mol. The van der Waals surface area contributed by atoms with E-state index >= 15 is 0 Å². The molecule has 1 fully saturated rings. The van der Waals surface area contributed by atoms with Gasteiger partial charge in [-0.05, 0) is 49.2 Å². The zero-order valence-corrected chi connectivity index (χ0v) is 12.0. The van der Waals surface area contributed by atoms with Gasteiger partial charge in [-0.3, -0.25) is 0 Å². The lowest BCUT2D eigenvalue weighted by Crippen LogP contribution is -2.38. The van der Waals surface area contributed by atoms with E-state index in [2.05, 4.69) is 29.4 Å². The van der Waals surface area contributed by atoms with Gasteiger partial charge in [-0.2, -0.15) is 0 Å². The molecule has 2 N–H and O–H groups in total. The lowest BCUT2D eigenvalue weighted by atomic mass is 9.94. The van der Waals surface area contributed by atoms with Gasteiger partial charge < -0.3 is 10.5 Å². The second-order valence-corrected chi connectivity index (χ2v) is 5.61. The van der Waals surface area contributed by atoms with E-state index in [1.807, 2.05) is 29.8 Å². The minimum Gasteiger partial charge on any atom is -0.398 e. The number of nitrogen functional groups attached to an aromatic ring is 1. The van der Waals surface area contributed by atoms with Crippen molar-refractivity contribution in [3.63, 3.8) is 0 Å². The molecule has 106 valence electrons. The molecule has 1 aromatic heterocycles. The van der Waals surface area contributed by atoms with Crippen LogP contribution in [0.3, 0.4) is 0 Å². The number of nitrogens with zero attached hydrogens (tertiary/aromatic N) is 4. The summed E-state index contributed by atoms with van der Waals surface area (Å²) in [7, 11) is 0. The maximum Gasteiger partial charge on any atom is 0.182 e. The quantitative estimate of drug-likeness (QED) is 0.843. The molecule has 6 nitrogen and oxygen atoms in total. The van der Waals surface area contributed by atoms with Crippen LogP contribution in [0.1, 0.15) is 25.8 Å². The van der Waals surface area contributed by atoms with E-state index in [1.165, 1.54) is 0 Å². The minimum atomic E-state index is -0.224. The van der Waals surface area contributed by atoms with Crippen molar-refractivity contribution in [1.29, 1.82) is 0 Å². The molecule has 2 unspecified atom stereocenters. The third-order valence-corrected chi connectivity index (χ3v) is 4.34. The molecule has 0 amide bonds. The van der Waals surface area contributed by atoms with Gasteiger partial charge in [-0.1, -0.05) is 12.1 Å². The highest BCUT2D eigenvalue weighted by molar-refractivity contribution is 5.63. The van der Waals surface area contributed by atoms with Crippen LogP contribution in [0.15, 0.2) is 18.2 Å². The SMILES string of the molecule is Cc1ccc(-c2nnnn2C2(C)CCOC2C)cc1N. The molecule has 2 atom stereocenters. The normalized spacial score (nSPS) is 26.1. The second kappa shape index (κ2) is 4.56. The van der Waals surface area contributed by atoms with E-state index in [4.69, 9.17) is 10.5 Å². The van der Waals surface area contributed by atoms with E-state index < -0.39 is 0 Å². The minimum absolute atomic E-state index is 0.0764. The Hall–Kier alpha value is -1.95. The Morgan fingerprint density at radius 2 is 2.25 bits per heavy atom. The highest BCUT2D eigenvalue weighted by Crippen LogP contribution is 2.35. The summed E-state index contributed by atoms with van der Waals surface area (Å²) in [6.07, 6.45) is 0.973. The van der Waals surface area contributed by atoms with Crippen LogP contribution in [-0.2, 0) is 10.3 Å². The summed E-state index contributed by atoms with van der Waals surface area (Å²) in [5.41, 5.74) is 8.49. The van der Waals surface area contributed by atoms with Crippen molar-refractivity contribution in [1.82, 2.24) is 20.2 Å². The summed E-state index contributed by atoms with van der Waals surface area (Å²) >= 11 is 0. The summed E-state index contributed by atoms with van der Waals surface area (Å²) in [4.78, 5) is 0. The number of aryl methyl sites for hydroxylation is 1. The van der Waals surface area contributed by atoms with Gasteiger partial charge in [0.25, 0.3) is 0 Å². The van der Waals surface area contributed by atoms with Crippen LogP contribution < -0.4 is 5.73 Å². The van der Waals surface area contributed by atoms with Crippen LogP contribution >= 0.6 is 0 Å². The molecule has 6 heteroatoms. The topological polar surface area (TPSA) is 78.8 Å². The fourth-order valence-corrected chi connectivity index (χ4v) is 2.59. The molecule has 1 aliphatic heterocycles. The Labute approximate surface area is 117 Å². The predicted octanol–water partition coefficient (Wildman–Crippen LogP) is 1.75. The molecular formula is C14H19N5O. The first kappa shape index (κ1) is 13.1. The number of hydrogen-bond acceptors (Lipinski definition) is 5. The molecule has 20 heavy (non-hydrogen) atoms. The highest BCUT2D eigenvalue weighted by Gasteiger charge is 2.41. The summed E-state index contributed by atoms with van der Waals surface area (Å²) in [6, 6.07) is 5.90. The summed E-state index contributed by atoms with van der Waals surface area (Å²) < 4.78 is 7.55. The number of benzene rings is 1. The summed E-state index contributed by atoms with van der Waals surface area (Å²) in [6.45, 7) is 6.90. The number of ether oxygens (including phenoxy) is 1. The zero-order chi connectivity index (χ0) is 14.3. The van der Waals surface area contributed by atoms with Gasteiger partial charge in [0.2, 0.25) is 0 Å². The van der Waals surface area contributed by atoms with Crippen LogP contribution in [0.4, 0.5) is 5.69 Å². The fourth-order valence-electron chi connectivity index (χ4n) is 2.59. The van der Waals surface area contributed by atoms with Crippen molar-refractivity contribution < 1.29 is 4.74 Å². The van der Waals surface area contributed by atoms with E-state index in [1.54, 1.807) is 0 Å². The number of hydrogen-bond donors (Lipinski definition) is 1. The van der Waals surface area contributed by atoms with Gasteiger partial charge in [-0.15, -0.1) is 5.10 Å². The molecule has 0 aliphatic carbocycles. The average molecular weight is 273 g/mol. The first-order valence-corrected chi connectivity index (χ1v) is 6.79. The molecule has 1 saturated heterocycles. The van der Waals surface area contributed by atoms with Crippen molar-refractivity contribution >= 4 is 5.69 Å². The molecule has 2 aromatic rings. The van der Waals surface area contributed by atoms with Crippen molar-refractivity contribution in [2.75, 3.05) is 12.3 Å². The van der Waals surface area contributed by atoms with E-state index in [0.29, 0.717) is 0 Å². The maximum atomic E-state index is 5.99. The number of anilines is 1. The lowest BCUT2D eigenvalue weighted by Gasteiger charge is -2.28. The third kappa shape index (κ3) is 1.87. The van der Waals surface area contributed by atoms with Crippen LogP contribution in [-0.4, -0.2) is 32.9 Å². The van der Waals surface area contributed by atoms with Crippen molar-refractivity contribution in [3.8, 4) is 11.4 Å². The van der Waals surface area contributed by atoms with Gasteiger partial charge in [0.1, 0.15) is 0 Å². The van der Waals surface area contributed by atoms with Crippen molar-refractivity contribution in [3.05, 3.63) is 23.8 Å². The molecule has 3 rings (SSSR count). The average Bonchev–Trinajstić information content (AvgIpc) is 3.02. The molecule has 1 aromatic carbocycles. The lowest BCUT2D eigenvalue weighted by molar-refractivity contribution is 0.0706. The standard InChI is InChI=1S/C14H19N5O/c1-9-4-5-11(8-12(9)15)13-16-17-18-19(13)14(3)6-7-20-10(14)2/h4-5,8,10H,6-7,15H2,1-3H3. The highest BCUT2D eigenvalue weighted by atomic mass is 16.5. The Morgan fingerprint density at radius 3 is 2.90 bits per heavy atom. The number of nitrogens with two attached hydrogens (primary N) is 1. The molecule has 1 aliphatic rings.